The zero-order valence-electron chi connectivity index (χ0n) is 15.2. The van der Waals surface area contributed by atoms with Crippen LogP contribution in [-0.2, 0) is 11.2 Å². The Morgan fingerprint density at radius 1 is 1.14 bits per heavy atom. The predicted octanol–water partition coefficient (Wildman–Crippen LogP) is 2.94. The lowest BCUT2D eigenvalue weighted by atomic mass is 10.0. The third kappa shape index (κ3) is 4.46. The second-order valence-corrected chi connectivity index (χ2v) is 6.71. The van der Waals surface area contributed by atoms with Gasteiger partial charge in [-0.3, -0.25) is 14.9 Å². The van der Waals surface area contributed by atoms with Crippen molar-refractivity contribution in [2.75, 3.05) is 18.4 Å². The molecule has 0 aromatic heterocycles. The number of carboxylic acids is 1. The SMILES string of the molecule is O=C(O)[C@H](Cc1ccccc1)Nc1ccc([N+](=O)[O-])c(C(=O)N2CCCC2)c1. The Kier molecular flexibility index (Phi) is 5.88. The number of carbonyl (C=O) groups is 2. The molecule has 1 aliphatic rings. The van der Waals surface area contributed by atoms with Crippen molar-refractivity contribution < 1.29 is 19.6 Å². The van der Waals surface area contributed by atoms with E-state index in [1.165, 1.54) is 18.2 Å². The number of carbonyl (C=O) groups excluding carboxylic acids is 1. The molecule has 0 aliphatic carbocycles. The molecular formula is C20H21N3O5. The standard InChI is InChI=1S/C20H21N3O5/c24-19(22-10-4-5-11-22)16-13-15(8-9-18(16)23(27)28)21-17(20(25)26)12-14-6-2-1-3-7-14/h1-3,6-9,13,17,21H,4-5,10-12H2,(H,25,26)/t17-/m0/s1. The first-order valence-corrected chi connectivity index (χ1v) is 9.06. The molecule has 8 nitrogen and oxygen atoms in total. The number of hydrogen-bond acceptors (Lipinski definition) is 5. The van der Waals surface area contributed by atoms with Gasteiger partial charge in [0.15, 0.2) is 0 Å². The number of benzene rings is 2. The fourth-order valence-corrected chi connectivity index (χ4v) is 3.30. The highest BCUT2D eigenvalue weighted by atomic mass is 16.6. The van der Waals surface area contributed by atoms with Gasteiger partial charge < -0.3 is 15.3 Å². The van der Waals surface area contributed by atoms with E-state index in [1.807, 2.05) is 30.3 Å². The lowest BCUT2D eigenvalue weighted by Crippen LogP contribution is -2.32. The van der Waals surface area contributed by atoms with Crippen molar-refractivity contribution in [1.82, 2.24) is 4.90 Å². The van der Waals surface area contributed by atoms with Gasteiger partial charge in [0.05, 0.1) is 4.92 Å². The van der Waals surface area contributed by atoms with Gasteiger partial charge in [-0.05, 0) is 30.5 Å². The van der Waals surface area contributed by atoms with E-state index < -0.39 is 22.8 Å². The van der Waals surface area contributed by atoms with Gasteiger partial charge in [0.25, 0.3) is 11.6 Å². The van der Waals surface area contributed by atoms with Crippen molar-refractivity contribution in [2.24, 2.45) is 0 Å². The summed E-state index contributed by atoms with van der Waals surface area (Å²) in [5.41, 5.74) is 0.896. The smallest absolute Gasteiger partial charge is 0.326 e. The second-order valence-electron chi connectivity index (χ2n) is 6.71. The van der Waals surface area contributed by atoms with Gasteiger partial charge in [-0.1, -0.05) is 30.3 Å². The molecule has 146 valence electrons. The Balaban J connectivity index is 1.86. The van der Waals surface area contributed by atoms with Crippen molar-refractivity contribution in [3.8, 4) is 0 Å². The topological polar surface area (TPSA) is 113 Å². The number of nitrogens with zero attached hydrogens (tertiary/aromatic N) is 2. The molecule has 0 spiro atoms. The molecule has 0 unspecified atom stereocenters. The summed E-state index contributed by atoms with van der Waals surface area (Å²) in [7, 11) is 0. The average Bonchev–Trinajstić information content (AvgIpc) is 3.22. The van der Waals surface area contributed by atoms with Crippen LogP contribution >= 0.6 is 0 Å². The largest absolute Gasteiger partial charge is 0.480 e. The van der Waals surface area contributed by atoms with Crippen LogP contribution in [0.25, 0.3) is 0 Å². The molecule has 2 N–H and O–H groups in total. The molecule has 28 heavy (non-hydrogen) atoms. The summed E-state index contributed by atoms with van der Waals surface area (Å²) >= 11 is 0. The first-order valence-electron chi connectivity index (χ1n) is 9.06. The maximum atomic E-state index is 12.7. The number of nitro benzene ring substituents is 1. The summed E-state index contributed by atoms with van der Waals surface area (Å²) in [5, 5.41) is 23.8. The minimum Gasteiger partial charge on any atom is -0.480 e. The third-order valence-electron chi connectivity index (χ3n) is 4.74. The van der Waals surface area contributed by atoms with E-state index in [0.29, 0.717) is 18.8 Å². The van der Waals surface area contributed by atoms with Crippen LogP contribution in [0.1, 0.15) is 28.8 Å². The number of amides is 1. The predicted molar refractivity (Wildman–Crippen MR) is 103 cm³/mol. The molecule has 0 radical (unpaired) electrons. The maximum absolute atomic E-state index is 12.7. The molecule has 1 atom stereocenters. The summed E-state index contributed by atoms with van der Waals surface area (Å²) in [6.45, 7) is 1.14. The molecule has 1 fully saturated rings. The highest BCUT2D eigenvalue weighted by molar-refractivity contribution is 5.99. The van der Waals surface area contributed by atoms with E-state index in [1.54, 1.807) is 4.90 Å². The minimum atomic E-state index is -1.05. The summed E-state index contributed by atoms with van der Waals surface area (Å²) in [5.74, 6) is -1.45. The van der Waals surface area contributed by atoms with Crippen molar-refractivity contribution in [2.45, 2.75) is 25.3 Å². The molecule has 1 aliphatic heterocycles. The molecule has 0 bridgehead atoms. The second kappa shape index (κ2) is 8.51. The van der Waals surface area contributed by atoms with Crippen LogP contribution in [-0.4, -0.2) is 45.9 Å². The van der Waals surface area contributed by atoms with Gasteiger partial charge in [-0.25, -0.2) is 4.79 Å². The molecule has 8 heteroatoms. The van der Waals surface area contributed by atoms with Crippen LogP contribution in [0.2, 0.25) is 0 Å². The van der Waals surface area contributed by atoms with Crippen LogP contribution in [0.5, 0.6) is 0 Å². The van der Waals surface area contributed by atoms with Crippen molar-refractivity contribution in [3.63, 3.8) is 0 Å². The van der Waals surface area contributed by atoms with Crippen LogP contribution in [0.15, 0.2) is 48.5 Å². The normalized spacial score (nSPS) is 14.5. The Labute approximate surface area is 161 Å². The van der Waals surface area contributed by atoms with E-state index in [4.69, 9.17) is 0 Å². The number of likely N-dealkylation sites (tertiary alicyclic amines) is 1. The van der Waals surface area contributed by atoms with E-state index >= 15 is 0 Å². The van der Waals surface area contributed by atoms with Crippen LogP contribution in [0, 0.1) is 10.1 Å². The van der Waals surface area contributed by atoms with E-state index in [2.05, 4.69) is 5.32 Å². The van der Waals surface area contributed by atoms with E-state index in [-0.39, 0.29) is 17.7 Å². The molecular weight excluding hydrogens is 362 g/mol. The van der Waals surface area contributed by atoms with Crippen LogP contribution in [0.3, 0.4) is 0 Å². The Morgan fingerprint density at radius 2 is 1.82 bits per heavy atom. The quantitative estimate of drug-likeness (QED) is 0.561. The molecule has 2 aromatic rings. The molecule has 1 amide bonds. The number of aliphatic carboxylic acids is 1. The monoisotopic (exact) mass is 383 g/mol. The molecule has 1 heterocycles. The highest BCUT2D eigenvalue weighted by Crippen LogP contribution is 2.26. The number of nitro groups is 1. The third-order valence-corrected chi connectivity index (χ3v) is 4.74. The van der Waals surface area contributed by atoms with E-state index in [9.17, 15) is 24.8 Å². The number of nitrogens with one attached hydrogen (secondary N) is 1. The van der Waals surface area contributed by atoms with Gasteiger partial charge >= 0.3 is 5.97 Å². The summed E-state index contributed by atoms with van der Waals surface area (Å²) < 4.78 is 0. The fourth-order valence-electron chi connectivity index (χ4n) is 3.30. The van der Waals surface area contributed by atoms with Crippen molar-refractivity contribution >= 4 is 23.3 Å². The molecule has 0 saturated carbocycles. The number of rotatable bonds is 7. The summed E-state index contributed by atoms with van der Waals surface area (Å²) in [6.07, 6.45) is 1.98. The Hall–Kier alpha value is -3.42. The van der Waals surface area contributed by atoms with E-state index in [0.717, 1.165) is 18.4 Å². The minimum absolute atomic E-state index is 0.0271. The van der Waals surface area contributed by atoms with Crippen molar-refractivity contribution in [3.05, 3.63) is 69.8 Å². The van der Waals surface area contributed by atoms with Crippen LogP contribution < -0.4 is 5.32 Å². The van der Waals surface area contributed by atoms with Gasteiger partial charge in [-0.2, -0.15) is 0 Å². The van der Waals surface area contributed by atoms with Gasteiger partial charge in [0.2, 0.25) is 0 Å². The van der Waals surface area contributed by atoms with Gasteiger partial charge in [0, 0.05) is 31.3 Å². The molecule has 2 aromatic carbocycles. The van der Waals surface area contributed by atoms with Gasteiger partial charge in [0.1, 0.15) is 11.6 Å². The first-order chi connectivity index (χ1) is 13.5. The highest BCUT2D eigenvalue weighted by Gasteiger charge is 2.27. The Bertz CT molecular complexity index is 879. The fraction of sp³-hybridized carbons (Fsp3) is 0.300. The lowest BCUT2D eigenvalue weighted by Gasteiger charge is -2.18. The lowest BCUT2D eigenvalue weighted by molar-refractivity contribution is -0.385. The Morgan fingerprint density at radius 3 is 2.43 bits per heavy atom. The molecule has 3 rings (SSSR count). The zero-order chi connectivity index (χ0) is 20.1. The number of carboxylic acid groups (broad SMARTS) is 1. The van der Waals surface area contributed by atoms with Gasteiger partial charge in [-0.15, -0.1) is 0 Å². The average molecular weight is 383 g/mol. The summed E-state index contributed by atoms with van der Waals surface area (Å²) in [4.78, 5) is 36.7. The van der Waals surface area contributed by atoms with Crippen molar-refractivity contribution in [1.29, 1.82) is 0 Å². The first kappa shape index (κ1) is 19.3. The maximum Gasteiger partial charge on any atom is 0.326 e. The number of anilines is 1. The number of hydrogen-bond donors (Lipinski definition) is 2. The van der Waals surface area contributed by atoms with Crippen LogP contribution in [0.4, 0.5) is 11.4 Å². The molecule has 1 saturated heterocycles. The summed E-state index contributed by atoms with van der Waals surface area (Å²) in [6, 6.07) is 12.3. The zero-order valence-corrected chi connectivity index (χ0v) is 15.2.